The predicted molar refractivity (Wildman–Crippen MR) is 152 cm³/mol. The number of benzene rings is 3. The van der Waals surface area contributed by atoms with Crippen LogP contribution in [-0.4, -0.2) is 62.3 Å². The van der Waals surface area contributed by atoms with Crippen LogP contribution in [0.2, 0.25) is 5.15 Å². The standard InChI is InChI=1S/C31H23ClN4O7/c32-26-23-27(34-17-33-26)36(18-35-23)28-25(43-31(39)21-14-8-3-9-15-21)24(42-30(38)20-12-6-2-7-13-20)22(41-28)16-40-29(37)19-10-4-1-5-11-19/h1-15,17-18,22,24-25,28H,16H2/t22-,24+,25-,28-/m1/s1. The molecular weight excluding hydrogens is 576 g/mol. The number of aromatic nitrogens is 4. The maximum atomic E-state index is 13.3. The molecule has 2 aromatic heterocycles. The quantitative estimate of drug-likeness (QED) is 0.141. The molecule has 12 heteroatoms. The molecule has 1 fully saturated rings. The highest BCUT2D eigenvalue weighted by Gasteiger charge is 2.51. The summed E-state index contributed by atoms with van der Waals surface area (Å²) in [6.45, 7) is -0.321. The molecule has 1 aliphatic rings. The summed E-state index contributed by atoms with van der Waals surface area (Å²) < 4.78 is 25.3. The topological polar surface area (TPSA) is 132 Å². The Morgan fingerprint density at radius 1 is 0.721 bits per heavy atom. The number of hydrogen-bond donors (Lipinski definition) is 0. The minimum Gasteiger partial charge on any atom is -0.459 e. The average molecular weight is 599 g/mol. The van der Waals surface area contributed by atoms with Crippen molar-refractivity contribution in [3.8, 4) is 0 Å². The Morgan fingerprint density at radius 3 is 1.84 bits per heavy atom. The van der Waals surface area contributed by atoms with Gasteiger partial charge in [0.05, 0.1) is 23.0 Å². The minimum absolute atomic E-state index is 0.111. The number of hydrogen-bond acceptors (Lipinski definition) is 10. The number of carbonyl (C=O) groups is 3. The van der Waals surface area contributed by atoms with Crippen LogP contribution in [0, 0.1) is 0 Å². The van der Waals surface area contributed by atoms with Gasteiger partial charge in [-0.15, -0.1) is 0 Å². The Balaban J connectivity index is 1.37. The SMILES string of the molecule is O=C(OC[C@H]1O[C@@H](n2cnc3c(Cl)ncnc32)[C@H](OC(=O)c2ccccc2)[C@H]1OC(=O)c1ccccc1)c1ccccc1. The van der Waals surface area contributed by atoms with Crippen molar-refractivity contribution in [3.05, 3.63) is 125 Å². The monoisotopic (exact) mass is 598 g/mol. The van der Waals surface area contributed by atoms with Gasteiger partial charge in [-0.05, 0) is 36.4 Å². The van der Waals surface area contributed by atoms with Crippen LogP contribution >= 0.6 is 11.6 Å². The van der Waals surface area contributed by atoms with Gasteiger partial charge >= 0.3 is 17.9 Å². The van der Waals surface area contributed by atoms with Crippen molar-refractivity contribution in [2.75, 3.05) is 6.61 Å². The van der Waals surface area contributed by atoms with E-state index in [1.165, 1.54) is 17.2 Å². The zero-order chi connectivity index (χ0) is 29.8. The smallest absolute Gasteiger partial charge is 0.338 e. The molecule has 216 valence electrons. The Kier molecular flexibility index (Phi) is 8.07. The summed E-state index contributed by atoms with van der Waals surface area (Å²) in [6, 6.07) is 25.1. The summed E-state index contributed by atoms with van der Waals surface area (Å²) in [5, 5.41) is 0.111. The van der Waals surface area contributed by atoms with Crippen LogP contribution in [0.1, 0.15) is 37.3 Å². The first-order valence-corrected chi connectivity index (χ1v) is 13.6. The lowest BCUT2D eigenvalue weighted by Gasteiger charge is -2.25. The molecule has 0 N–H and O–H groups in total. The maximum absolute atomic E-state index is 13.3. The van der Waals surface area contributed by atoms with Crippen LogP contribution in [-0.2, 0) is 18.9 Å². The molecule has 0 aliphatic carbocycles. The molecule has 11 nitrogen and oxygen atoms in total. The number of nitrogens with zero attached hydrogens (tertiary/aromatic N) is 4. The normalized spacial score (nSPS) is 19.6. The molecule has 0 unspecified atom stereocenters. The van der Waals surface area contributed by atoms with Gasteiger partial charge in [-0.25, -0.2) is 29.3 Å². The fraction of sp³-hybridized carbons (Fsp3) is 0.161. The highest BCUT2D eigenvalue weighted by molar-refractivity contribution is 6.33. The molecule has 0 bridgehead atoms. The van der Waals surface area contributed by atoms with Crippen molar-refractivity contribution in [1.82, 2.24) is 19.5 Å². The van der Waals surface area contributed by atoms with E-state index in [9.17, 15) is 14.4 Å². The van der Waals surface area contributed by atoms with Gasteiger partial charge in [0.2, 0.25) is 0 Å². The molecule has 43 heavy (non-hydrogen) atoms. The molecule has 0 radical (unpaired) electrons. The van der Waals surface area contributed by atoms with E-state index in [1.807, 2.05) is 0 Å². The number of fused-ring (bicyclic) bond motifs is 1. The summed E-state index contributed by atoms with van der Waals surface area (Å²) in [7, 11) is 0. The summed E-state index contributed by atoms with van der Waals surface area (Å²) in [5.41, 5.74) is 1.45. The lowest BCUT2D eigenvalue weighted by Crippen LogP contribution is -2.41. The third kappa shape index (κ3) is 5.94. The highest BCUT2D eigenvalue weighted by Crippen LogP contribution is 2.37. The lowest BCUT2D eigenvalue weighted by atomic mass is 10.1. The first-order valence-electron chi connectivity index (χ1n) is 13.2. The van der Waals surface area contributed by atoms with E-state index in [0.717, 1.165) is 0 Å². The fourth-order valence-corrected chi connectivity index (χ4v) is 4.87. The molecule has 1 aliphatic heterocycles. The third-order valence-corrected chi connectivity index (χ3v) is 7.04. The summed E-state index contributed by atoms with van der Waals surface area (Å²) in [6.07, 6.45) is -1.90. The third-order valence-electron chi connectivity index (χ3n) is 6.77. The molecule has 3 heterocycles. The average Bonchev–Trinajstić information content (AvgIpc) is 3.63. The van der Waals surface area contributed by atoms with Gasteiger partial charge in [0.1, 0.15) is 24.6 Å². The molecule has 3 aromatic carbocycles. The second-order valence-electron chi connectivity index (χ2n) is 9.49. The van der Waals surface area contributed by atoms with Gasteiger partial charge in [0.15, 0.2) is 29.2 Å². The van der Waals surface area contributed by atoms with Gasteiger partial charge in [-0.1, -0.05) is 66.2 Å². The molecule has 0 saturated carbocycles. The number of rotatable bonds is 8. The van der Waals surface area contributed by atoms with Crippen molar-refractivity contribution in [2.45, 2.75) is 24.5 Å². The van der Waals surface area contributed by atoms with E-state index in [0.29, 0.717) is 11.2 Å². The number of ether oxygens (including phenoxy) is 4. The molecule has 0 amide bonds. The van der Waals surface area contributed by atoms with Crippen molar-refractivity contribution < 1.29 is 33.3 Å². The first-order chi connectivity index (χ1) is 21.0. The van der Waals surface area contributed by atoms with Crippen LogP contribution < -0.4 is 0 Å². The number of imidazole rings is 1. The van der Waals surface area contributed by atoms with E-state index in [1.54, 1.807) is 91.0 Å². The minimum atomic E-state index is -1.22. The molecule has 6 rings (SSSR count). The van der Waals surface area contributed by atoms with Crippen LogP contribution in [0.25, 0.3) is 11.2 Å². The van der Waals surface area contributed by atoms with Gasteiger partial charge in [-0.3, -0.25) is 4.57 Å². The van der Waals surface area contributed by atoms with E-state index < -0.39 is 42.4 Å². The Morgan fingerprint density at radius 2 is 1.26 bits per heavy atom. The molecule has 1 saturated heterocycles. The second kappa shape index (κ2) is 12.4. The van der Waals surface area contributed by atoms with E-state index >= 15 is 0 Å². The van der Waals surface area contributed by atoms with E-state index in [4.69, 9.17) is 30.5 Å². The summed E-state index contributed by atoms with van der Waals surface area (Å²) >= 11 is 6.23. The number of halogens is 1. The van der Waals surface area contributed by atoms with Gasteiger partial charge in [0, 0.05) is 0 Å². The van der Waals surface area contributed by atoms with Crippen molar-refractivity contribution in [3.63, 3.8) is 0 Å². The van der Waals surface area contributed by atoms with Crippen molar-refractivity contribution in [2.24, 2.45) is 0 Å². The summed E-state index contributed by atoms with van der Waals surface area (Å²) in [4.78, 5) is 51.9. The zero-order valence-corrected chi connectivity index (χ0v) is 23.1. The Bertz CT molecular complexity index is 1750. The Hall–Kier alpha value is -5.13. The van der Waals surface area contributed by atoms with Crippen molar-refractivity contribution in [1.29, 1.82) is 0 Å². The van der Waals surface area contributed by atoms with E-state index in [-0.39, 0.29) is 28.4 Å². The van der Waals surface area contributed by atoms with Crippen LogP contribution in [0.15, 0.2) is 104 Å². The van der Waals surface area contributed by atoms with Gasteiger partial charge in [0.25, 0.3) is 0 Å². The summed E-state index contributed by atoms with van der Waals surface area (Å²) in [5.74, 6) is -1.97. The number of esters is 3. The van der Waals surface area contributed by atoms with Crippen LogP contribution in [0.4, 0.5) is 0 Å². The van der Waals surface area contributed by atoms with Crippen molar-refractivity contribution >= 4 is 40.7 Å². The van der Waals surface area contributed by atoms with Crippen LogP contribution in [0.3, 0.4) is 0 Å². The van der Waals surface area contributed by atoms with Gasteiger partial charge in [-0.2, -0.15) is 0 Å². The second-order valence-corrected chi connectivity index (χ2v) is 9.85. The highest BCUT2D eigenvalue weighted by atomic mass is 35.5. The fourth-order valence-electron chi connectivity index (χ4n) is 4.69. The van der Waals surface area contributed by atoms with E-state index in [2.05, 4.69) is 15.0 Å². The van der Waals surface area contributed by atoms with Crippen LogP contribution in [0.5, 0.6) is 0 Å². The molecule has 4 atom stereocenters. The first kappa shape index (κ1) is 28.0. The molecule has 0 spiro atoms. The predicted octanol–water partition coefficient (Wildman–Crippen LogP) is 4.69. The number of carbonyl (C=O) groups excluding carboxylic acids is 3. The lowest BCUT2D eigenvalue weighted by molar-refractivity contribution is -0.0606. The molecular formula is C31H23ClN4O7. The Labute approximate surface area is 250 Å². The van der Waals surface area contributed by atoms with Gasteiger partial charge < -0.3 is 18.9 Å². The molecule has 5 aromatic rings. The largest absolute Gasteiger partial charge is 0.459 e. The maximum Gasteiger partial charge on any atom is 0.338 e. The zero-order valence-electron chi connectivity index (χ0n) is 22.4.